The van der Waals surface area contributed by atoms with Gasteiger partial charge in [-0.25, -0.2) is 10.4 Å². The number of hydrazone groups is 1. The fraction of sp³-hybridized carbons (Fsp3) is 0.192. The molecule has 33 heavy (non-hydrogen) atoms. The van der Waals surface area contributed by atoms with Gasteiger partial charge in [0, 0.05) is 32.3 Å². The number of pyridine rings is 1. The lowest BCUT2D eigenvalue weighted by atomic mass is 10.0. The fourth-order valence-electron chi connectivity index (χ4n) is 3.76. The number of ether oxygens (including phenoxy) is 2. The number of hydrogen-bond acceptors (Lipinski definition) is 6. The molecule has 7 heteroatoms. The molecule has 0 aliphatic carbocycles. The Morgan fingerprint density at radius 2 is 1.79 bits per heavy atom. The average Bonchev–Trinajstić information content (AvgIpc) is 3.18. The molecule has 0 fully saturated rings. The lowest BCUT2D eigenvalue weighted by Crippen LogP contribution is -2.20. The second-order valence-corrected chi connectivity index (χ2v) is 9.06. The summed E-state index contributed by atoms with van der Waals surface area (Å²) in [6, 6.07) is 16.9. The molecule has 0 aliphatic rings. The maximum atomic E-state index is 13.2. The molecule has 0 radical (unpaired) electrons. The Morgan fingerprint density at radius 3 is 2.48 bits per heavy atom. The number of para-hydroxylation sites is 1. The molecule has 6 nitrogen and oxygen atoms in total. The van der Waals surface area contributed by atoms with Crippen LogP contribution in [0.1, 0.15) is 32.6 Å². The van der Waals surface area contributed by atoms with Crippen LogP contribution in [0, 0.1) is 13.8 Å². The van der Waals surface area contributed by atoms with E-state index in [1.807, 2.05) is 43.3 Å². The predicted molar refractivity (Wildman–Crippen MR) is 134 cm³/mol. The van der Waals surface area contributed by atoms with E-state index in [0.29, 0.717) is 28.3 Å². The van der Waals surface area contributed by atoms with Gasteiger partial charge < -0.3 is 9.47 Å². The van der Waals surface area contributed by atoms with Crippen molar-refractivity contribution < 1.29 is 14.3 Å². The van der Waals surface area contributed by atoms with Crippen LogP contribution in [0.25, 0.3) is 22.2 Å². The van der Waals surface area contributed by atoms with Gasteiger partial charge in [0.15, 0.2) is 0 Å². The standard InChI is InChI=1S/C26H25N3O3S/c1-15-12-21(17(3)33-15)16(2)28-29-26(30)22-14-24(27-23-9-7-6-8-19(22)23)20-11-10-18(31-4)13-25(20)32-5/h6-14H,1-5H3,(H,29,30)/b28-16-. The van der Waals surface area contributed by atoms with Gasteiger partial charge in [-0.1, -0.05) is 18.2 Å². The molecule has 2 heterocycles. The molecule has 4 aromatic rings. The molecule has 2 aromatic carbocycles. The summed E-state index contributed by atoms with van der Waals surface area (Å²) in [5.41, 5.74) is 7.13. The zero-order chi connectivity index (χ0) is 23.5. The van der Waals surface area contributed by atoms with E-state index in [0.717, 1.165) is 22.2 Å². The first-order valence-electron chi connectivity index (χ1n) is 10.5. The van der Waals surface area contributed by atoms with Crippen LogP contribution in [0.2, 0.25) is 0 Å². The highest BCUT2D eigenvalue weighted by atomic mass is 32.1. The highest BCUT2D eigenvalue weighted by Gasteiger charge is 2.17. The number of rotatable bonds is 6. The Kier molecular flexibility index (Phi) is 6.42. The molecule has 0 saturated carbocycles. The molecule has 1 amide bonds. The number of fused-ring (bicyclic) bond motifs is 1. The topological polar surface area (TPSA) is 72.8 Å². The summed E-state index contributed by atoms with van der Waals surface area (Å²) in [6.07, 6.45) is 0. The molecule has 0 atom stereocenters. The van der Waals surface area contributed by atoms with Gasteiger partial charge in [-0.15, -0.1) is 11.3 Å². The maximum Gasteiger partial charge on any atom is 0.272 e. The largest absolute Gasteiger partial charge is 0.497 e. The van der Waals surface area contributed by atoms with Gasteiger partial charge in [-0.3, -0.25) is 4.79 Å². The van der Waals surface area contributed by atoms with Crippen LogP contribution in [0.4, 0.5) is 0 Å². The second-order valence-electron chi connectivity index (χ2n) is 7.60. The minimum absolute atomic E-state index is 0.300. The van der Waals surface area contributed by atoms with Gasteiger partial charge in [0.05, 0.1) is 36.7 Å². The third-order valence-electron chi connectivity index (χ3n) is 5.40. The van der Waals surface area contributed by atoms with E-state index >= 15 is 0 Å². The summed E-state index contributed by atoms with van der Waals surface area (Å²) in [6.45, 7) is 6.01. The van der Waals surface area contributed by atoms with Gasteiger partial charge in [-0.2, -0.15) is 5.10 Å². The first-order valence-corrected chi connectivity index (χ1v) is 11.3. The summed E-state index contributed by atoms with van der Waals surface area (Å²) in [5.74, 6) is 0.991. The van der Waals surface area contributed by atoms with Gasteiger partial charge >= 0.3 is 0 Å². The van der Waals surface area contributed by atoms with Crippen molar-refractivity contribution in [2.45, 2.75) is 20.8 Å². The molecule has 0 bridgehead atoms. The molecule has 0 aliphatic heterocycles. The molecule has 1 N–H and O–H groups in total. The minimum Gasteiger partial charge on any atom is -0.497 e. The monoisotopic (exact) mass is 459 g/mol. The second kappa shape index (κ2) is 9.42. The number of methoxy groups -OCH3 is 2. The first-order chi connectivity index (χ1) is 15.9. The number of carbonyl (C=O) groups is 1. The van der Waals surface area contributed by atoms with Gasteiger partial charge in [0.25, 0.3) is 5.91 Å². The number of hydrogen-bond donors (Lipinski definition) is 1. The zero-order valence-electron chi connectivity index (χ0n) is 19.2. The fourth-order valence-corrected chi connectivity index (χ4v) is 4.73. The van der Waals surface area contributed by atoms with Crippen LogP contribution in [0.5, 0.6) is 11.5 Å². The Labute approximate surface area is 196 Å². The van der Waals surface area contributed by atoms with Crippen LogP contribution in [-0.2, 0) is 0 Å². The number of nitrogens with one attached hydrogen (secondary N) is 1. The van der Waals surface area contributed by atoms with E-state index in [1.54, 1.807) is 37.7 Å². The normalized spacial score (nSPS) is 11.5. The van der Waals surface area contributed by atoms with Crippen LogP contribution >= 0.6 is 11.3 Å². The van der Waals surface area contributed by atoms with E-state index < -0.39 is 0 Å². The van der Waals surface area contributed by atoms with Crippen molar-refractivity contribution in [3.8, 4) is 22.8 Å². The summed E-state index contributed by atoms with van der Waals surface area (Å²) in [5, 5.41) is 5.12. The molecular weight excluding hydrogens is 434 g/mol. The van der Waals surface area contributed by atoms with Crippen LogP contribution < -0.4 is 14.9 Å². The molecule has 0 spiro atoms. The lowest BCUT2D eigenvalue weighted by molar-refractivity contribution is 0.0956. The number of aromatic nitrogens is 1. The van der Waals surface area contributed by atoms with Crippen molar-refractivity contribution >= 4 is 33.9 Å². The van der Waals surface area contributed by atoms with Gasteiger partial charge in [0.1, 0.15) is 11.5 Å². The van der Waals surface area contributed by atoms with Crippen molar-refractivity contribution in [2.75, 3.05) is 14.2 Å². The summed E-state index contributed by atoms with van der Waals surface area (Å²) in [4.78, 5) is 20.4. The maximum absolute atomic E-state index is 13.2. The van der Waals surface area contributed by atoms with E-state index in [-0.39, 0.29) is 5.91 Å². The first kappa shape index (κ1) is 22.5. The number of carbonyl (C=O) groups excluding carboxylic acids is 1. The number of aryl methyl sites for hydroxylation is 2. The number of amides is 1. The quantitative estimate of drug-likeness (QED) is 0.294. The van der Waals surface area contributed by atoms with E-state index in [1.165, 1.54) is 9.75 Å². The van der Waals surface area contributed by atoms with Crippen LogP contribution in [0.15, 0.2) is 59.7 Å². The third kappa shape index (κ3) is 4.59. The van der Waals surface area contributed by atoms with Crippen molar-refractivity contribution in [2.24, 2.45) is 5.10 Å². The Balaban J connectivity index is 1.75. The number of nitrogens with zero attached hydrogens (tertiary/aromatic N) is 2. The van der Waals surface area contributed by atoms with Gasteiger partial charge in [-0.05, 0) is 51.1 Å². The highest BCUT2D eigenvalue weighted by molar-refractivity contribution is 7.12. The molecule has 0 saturated heterocycles. The molecule has 2 aromatic heterocycles. The van der Waals surface area contributed by atoms with Crippen LogP contribution in [0.3, 0.4) is 0 Å². The Morgan fingerprint density at radius 1 is 1.00 bits per heavy atom. The van der Waals surface area contributed by atoms with E-state index in [9.17, 15) is 4.79 Å². The SMILES string of the molecule is COc1ccc(-c2cc(C(=O)N/N=C(/C)c3cc(C)sc3C)c3ccccc3n2)c(OC)c1. The van der Waals surface area contributed by atoms with Crippen molar-refractivity contribution in [1.82, 2.24) is 10.4 Å². The number of benzene rings is 2. The zero-order valence-corrected chi connectivity index (χ0v) is 20.0. The van der Waals surface area contributed by atoms with Crippen molar-refractivity contribution in [3.05, 3.63) is 75.5 Å². The van der Waals surface area contributed by atoms with Crippen molar-refractivity contribution in [3.63, 3.8) is 0 Å². The summed E-state index contributed by atoms with van der Waals surface area (Å²) < 4.78 is 10.9. The Bertz CT molecular complexity index is 1370. The number of thiophene rings is 1. The summed E-state index contributed by atoms with van der Waals surface area (Å²) >= 11 is 1.71. The summed E-state index contributed by atoms with van der Waals surface area (Å²) in [7, 11) is 3.20. The average molecular weight is 460 g/mol. The molecular formula is C26H25N3O3S. The molecule has 4 rings (SSSR count). The van der Waals surface area contributed by atoms with Crippen molar-refractivity contribution in [1.29, 1.82) is 0 Å². The highest BCUT2D eigenvalue weighted by Crippen LogP contribution is 2.34. The van der Waals surface area contributed by atoms with Gasteiger partial charge in [0.2, 0.25) is 0 Å². The predicted octanol–water partition coefficient (Wildman–Crippen LogP) is 5.75. The van der Waals surface area contributed by atoms with E-state index in [2.05, 4.69) is 30.4 Å². The van der Waals surface area contributed by atoms with Crippen LogP contribution in [-0.4, -0.2) is 30.8 Å². The van der Waals surface area contributed by atoms with E-state index in [4.69, 9.17) is 14.5 Å². The third-order valence-corrected chi connectivity index (χ3v) is 6.37. The smallest absolute Gasteiger partial charge is 0.272 e. The molecule has 168 valence electrons. The lowest BCUT2D eigenvalue weighted by Gasteiger charge is -2.13. The molecule has 0 unspecified atom stereocenters. The Hall–Kier alpha value is -3.71. The minimum atomic E-state index is -0.300.